The molecule has 1 aliphatic rings. The molecule has 18 heavy (non-hydrogen) atoms. The molecule has 0 saturated carbocycles. The van der Waals surface area contributed by atoms with Gasteiger partial charge in [-0.25, -0.2) is 9.59 Å². The number of carbonyl (C=O) groups is 3. The fourth-order valence-electron chi connectivity index (χ4n) is 1.09. The number of ether oxygens (including phenoxy) is 3. The van der Waals surface area contributed by atoms with Gasteiger partial charge in [0.2, 0.25) is 0 Å². The molecule has 0 unspecified atom stereocenters. The third-order valence-electron chi connectivity index (χ3n) is 2.08. The van der Waals surface area contributed by atoms with Gasteiger partial charge in [0.25, 0.3) is 5.76 Å². The zero-order valence-corrected chi connectivity index (χ0v) is 10.1. The fourth-order valence-corrected chi connectivity index (χ4v) is 1.09. The van der Waals surface area contributed by atoms with Gasteiger partial charge in [-0.05, 0) is 6.42 Å². The summed E-state index contributed by atoms with van der Waals surface area (Å²) < 4.78 is 14.1. The monoisotopic (exact) mass is 254 g/mol. The molecule has 6 heteroatoms. The van der Waals surface area contributed by atoms with Crippen molar-refractivity contribution < 1.29 is 28.6 Å². The first-order valence-corrected chi connectivity index (χ1v) is 5.51. The Labute approximate surface area is 104 Å². The number of hydrogen-bond donors (Lipinski definition) is 0. The molecular weight excluding hydrogens is 240 g/mol. The maximum atomic E-state index is 11.5. The third kappa shape index (κ3) is 4.04. The Balaban J connectivity index is 2.68. The van der Waals surface area contributed by atoms with Crippen LogP contribution in [0.3, 0.4) is 0 Å². The summed E-state index contributed by atoms with van der Waals surface area (Å²) in [5, 5.41) is 0. The number of hydrogen-bond acceptors (Lipinski definition) is 6. The van der Waals surface area contributed by atoms with Crippen molar-refractivity contribution in [3.63, 3.8) is 0 Å². The second kappa shape index (κ2) is 6.58. The lowest BCUT2D eigenvalue weighted by Crippen LogP contribution is -2.20. The largest absolute Gasteiger partial charge is 0.460 e. The Bertz CT molecular complexity index is 407. The summed E-state index contributed by atoms with van der Waals surface area (Å²) in [6.45, 7) is 5.51. The Kier molecular flexibility index (Phi) is 5.10. The number of carbonyl (C=O) groups excluding carboxylic acids is 3. The first-order valence-electron chi connectivity index (χ1n) is 5.51. The van der Waals surface area contributed by atoms with Crippen LogP contribution in [-0.4, -0.2) is 24.5 Å². The van der Waals surface area contributed by atoms with E-state index >= 15 is 0 Å². The average molecular weight is 254 g/mol. The van der Waals surface area contributed by atoms with Gasteiger partial charge >= 0.3 is 17.9 Å². The molecule has 1 heterocycles. The molecule has 0 radical (unpaired) electrons. The lowest BCUT2D eigenvalue weighted by atomic mass is 10.2. The van der Waals surface area contributed by atoms with E-state index in [-0.39, 0.29) is 18.6 Å². The zero-order chi connectivity index (χ0) is 13.5. The van der Waals surface area contributed by atoms with E-state index in [4.69, 9.17) is 9.47 Å². The minimum atomic E-state index is -0.836. The lowest BCUT2D eigenvalue weighted by Gasteiger charge is -2.12. The van der Waals surface area contributed by atoms with Crippen molar-refractivity contribution in [2.75, 3.05) is 6.61 Å². The normalized spacial score (nSPS) is 18.9. The number of unbranched alkanes of at least 4 members (excludes halogenated alkanes) is 1. The second-order valence-corrected chi connectivity index (χ2v) is 3.63. The molecule has 0 aromatic rings. The SMILES string of the molecule is C=C1CC(=O)O/C(C(=O)OCCCC)=C\OC1=O. The van der Waals surface area contributed by atoms with Crippen LogP contribution in [0.1, 0.15) is 26.2 Å². The van der Waals surface area contributed by atoms with Crippen molar-refractivity contribution in [1.29, 1.82) is 0 Å². The number of esters is 3. The van der Waals surface area contributed by atoms with Gasteiger partial charge in [0.1, 0.15) is 6.26 Å². The number of cyclic esters (lactones) is 2. The topological polar surface area (TPSA) is 78.9 Å². The molecule has 0 aromatic heterocycles. The molecule has 0 aliphatic carbocycles. The summed E-state index contributed by atoms with van der Waals surface area (Å²) in [5.41, 5.74) is -0.0327. The van der Waals surface area contributed by atoms with E-state index in [1.165, 1.54) is 0 Å². The van der Waals surface area contributed by atoms with E-state index in [1.54, 1.807) is 0 Å². The molecule has 0 atom stereocenters. The predicted octanol–water partition coefficient (Wildman–Crippen LogP) is 1.22. The second-order valence-electron chi connectivity index (χ2n) is 3.63. The summed E-state index contributed by atoms with van der Waals surface area (Å²) in [5.74, 6) is -2.80. The molecule has 0 aromatic carbocycles. The molecule has 0 fully saturated rings. The van der Waals surface area contributed by atoms with Crippen molar-refractivity contribution >= 4 is 17.9 Å². The minimum absolute atomic E-state index is 0.0327. The molecule has 0 bridgehead atoms. The van der Waals surface area contributed by atoms with Gasteiger partial charge in [-0.1, -0.05) is 19.9 Å². The van der Waals surface area contributed by atoms with Crippen LogP contribution in [0.4, 0.5) is 0 Å². The van der Waals surface area contributed by atoms with Crippen molar-refractivity contribution in [2.24, 2.45) is 0 Å². The van der Waals surface area contributed by atoms with Crippen molar-refractivity contribution in [1.82, 2.24) is 0 Å². The molecule has 0 amide bonds. The highest BCUT2D eigenvalue weighted by atomic mass is 16.6. The summed E-state index contributed by atoms with van der Waals surface area (Å²) in [7, 11) is 0. The van der Waals surface area contributed by atoms with E-state index in [1.807, 2.05) is 6.92 Å². The number of rotatable bonds is 4. The first kappa shape index (κ1) is 14.0. The molecule has 98 valence electrons. The van der Waals surface area contributed by atoms with E-state index in [2.05, 4.69) is 11.3 Å². The Morgan fingerprint density at radius 3 is 2.89 bits per heavy atom. The average Bonchev–Trinajstić information content (AvgIpc) is 2.32. The quantitative estimate of drug-likeness (QED) is 0.325. The smallest absolute Gasteiger partial charge is 0.377 e. The molecule has 0 spiro atoms. The van der Waals surface area contributed by atoms with Crippen LogP contribution in [0.15, 0.2) is 24.2 Å². The van der Waals surface area contributed by atoms with Crippen molar-refractivity contribution in [3.05, 3.63) is 24.2 Å². The van der Waals surface area contributed by atoms with Gasteiger partial charge in [0.15, 0.2) is 0 Å². The maximum absolute atomic E-state index is 11.5. The van der Waals surface area contributed by atoms with Gasteiger partial charge in [-0.15, -0.1) is 0 Å². The standard InChI is InChI=1S/C12H14O6/c1-3-4-5-16-12(15)9-7-17-11(14)8(2)6-10(13)18-9/h7H,2-6H2,1H3/b9-7-. The highest BCUT2D eigenvalue weighted by Gasteiger charge is 2.24. The molecule has 1 rings (SSSR count). The van der Waals surface area contributed by atoms with Crippen LogP contribution >= 0.6 is 0 Å². The van der Waals surface area contributed by atoms with Gasteiger partial charge < -0.3 is 14.2 Å². The van der Waals surface area contributed by atoms with Crippen LogP contribution in [0.5, 0.6) is 0 Å². The highest BCUT2D eigenvalue weighted by Crippen LogP contribution is 2.13. The van der Waals surface area contributed by atoms with Gasteiger partial charge in [-0.3, -0.25) is 4.79 Å². The summed E-state index contributed by atoms with van der Waals surface area (Å²) in [4.78, 5) is 34.0. The Morgan fingerprint density at radius 1 is 1.50 bits per heavy atom. The van der Waals surface area contributed by atoms with E-state index in [0.29, 0.717) is 6.42 Å². The molecule has 0 saturated heterocycles. The molecule has 1 aliphatic heterocycles. The lowest BCUT2D eigenvalue weighted by molar-refractivity contribution is -0.153. The zero-order valence-electron chi connectivity index (χ0n) is 10.1. The third-order valence-corrected chi connectivity index (χ3v) is 2.08. The highest BCUT2D eigenvalue weighted by molar-refractivity contribution is 5.97. The van der Waals surface area contributed by atoms with Crippen LogP contribution in [0.25, 0.3) is 0 Å². The maximum Gasteiger partial charge on any atom is 0.377 e. The predicted molar refractivity (Wildman–Crippen MR) is 59.9 cm³/mol. The van der Waals surface area contributed by atoms with E-state index in [9.17, 15) is 14.4 Å². The van der Waals surface area contributed by atoms with E-state index in [0.717, 1.165) is 12.7 Å². The van der Waals surface area contributed by atoms with Crippen LogP contribution in [0, 0.1) is 0 Å². The van der Waals surface area contributed by atoms with Gasteiger partial charge in [-0.2, -0.15) is 0 Å². The molecular formula is C12H14O6. The Morgan fingerprint density at radius 2 is 2.22 bits per heavy atom. The van der Waals surface area contributed by atoms with E-state index < -0.39 is 23.7 Å². The summed E-state index contributed by atoms with van der Waals surface area (Å²) >= 11 is 0. The molecule has 6 nitrogen and oxygen atoms in total. The van der Waals surface area contributed by atoms with Crippen LogP contribution in [-0.2, 0) is 28.6 Å². The fraction of sp³-hybridized carbons (Fsp3) is 0.417. The minimum Gasteiger partial charge on any atom is -0.460 e. The van der Waals surface area contributed by atoms with Crippen molar-refractivity contribution in [3.8, 4) is 0 Å². The van der Waals surface area contributed by atoms with Crippen molar-refractivity contribution in [2.45, 2.75) is 26.2 Å². The van der Waals surface area contributed by atoms with Gasteiger partial charge in [0.05, 0.1) is 13.0 Å². The summed E-state index contributed by atoms with van der Waals surface area (Å²) in [6, 6.07) is 0. The Hall–Kier alpha value is -2.11. The summed E-state index contributed by atoms with van der Waals surface area (Å²) in [6.07, 6.45) is 2.00. The van der Waals surface area contributed by atoms with Crippen LogP contribution in [0.2, 0.25) is 0 Å². The van der Waals surface area contributed by atoms with Crippen LogP contribution < -0.4 is 0 Å². The molecule has 0 N–H and O–H groups in total. The van der Waals surface area contributed by atoms with Gasteiger partial charge in [0, 0.05) is 5.57 Å². The first-order chi connectivity index (χ1) is 8.54.